The molecule has 2 aromatic heterocycles. The van der Waals surface area contributed by atoms with Gasteiger partial charge in [-0.25, -0.2) is 0 Å². The monoisotopic (exact) mass is 423 g/mol. The summed E-state index contributed by atoms with van der Waals surface area (Å²) >= 11 is 5.12. The molecule has 1 N–H and O–H groups in total. The molecule has 0 aliphatic rings. The molecule has 0 unspecified atom stereocenters. The molecule has 108 valence electrons. The molecule has 0 aromatic carbocycles. The van der Waals surface area contributed by atoms with Crippen LogP contribution >= 0.6 is 45.7 Å². The van der Waals surface area contributed by atoms with E-state index in [2.05, 4.69) is 59.6 Å². The van der Waals surface area contributed by atoms with E-state index in [1.807, 2.05) is 9.95 Å². The SMILES string of the molecule is CC(C)(C)n1c(SCC(=O)O)nnc1-c1csc(I)c1. The number of nitrogens with zero attached hydrogens (tertiary/aromatic N) is 3. The predicted molar refractivity (Wildman–Crippen MR) is 89.4 cm³/mol. The normalized spacial score (nSPS) is 11.8. The Morgan fingerprint density at radius 3 is 2.70 bits per heavy atom. The summed E-state index contributed by atoms with van der Waals surface area (Å²) in [6.07, 6.45) is 0. The second-order valence-electron chi connectivity index (χ2n) is 5.13. The van der Waals surface area contributed by atoms with Crippen LogP contribution in [0.5, 0.6) is 0 Å². The minimum Gasteiger partial charge on any atom is -0.481 e. The molecule has 5 nitrogen and oxygen atoms in total. The second-order valence-corrected chi connectivity index (χ2v) is 8.88. The van der Waals surface area contributed by atoms with Crippen LogP contribution < -0.4 is 0 Å². The number of hydrogen-bond acceptors (Lipinski definition) is 5. The zero-order valence-electron chi connectivity index (χ0n) is 11.3. The van der Waals surface area contributed by atoms with E-state index in [0.717, 1.165) is 11.4 Å². The molecule has 0 aliphatic carbocycles. The third-order valence-electron chi connectivity index (χ3n) is 2.45. The second kappa shape index (κ2) is 6.02. The van der Waals surface area contributed by atoms with Crippen molar-refractivity contribution in [2.24, 2.45) is 0 Å². The summed E-state index contributed by atoms with van der Waals surface area (Å²) in [5.41, 5.74) is 0.802. The number of aromatic nitrogens is 3. The molecule has 2 rings (SSSR count). The van der Waals surface area contributed by atoms with E-state index < -0.39 is 5.97 Å². The first kappa shape index (κ1) is 15.8. The number of hydrogen-bond donors (Lipinski definition) is 1. The van der Waals surface area contributed by atoms with Gasteiger partial charge in [0.05, 0.1) is 8.64 Å². The number of carboxylic acid groups (broad SMARTS) is 1. The molecule has 2 aromatic rings. The van der Waals surface area contributed by atoms with Gasteiger partial charge in [-0.05, 0) is 49.4 Å². The lowest BCUT2D eigenvalue weighted by Crippen LogP contribution is -2.24. The molecule has 0 saturated carbocycles. The fourth-order valence-corrected chi connectivity index (χ4v) is 3.87. The largest absolute Gasteiger partial charge is 0.481 e. The third kappa shape index (κ3) is 3.53. The maximum absolute atomic E-state index is 10.7. The first-order valence-electron chi connectivity index (χ1n) is 5.84. The van der Waals surface area contributed by atoms with Gasteiger partial charge >= 0.3 is 5.97 Å². The highest BCUT2D eigenvalue weighted by Gasteiger charge is 2.25. The Morgan fingerprint density at radius 2 is 2.20 bits per heavy atom. The molecule has 8 heteroatoms. The van der Waals surface area contributed by atoms with E-state index in [1.165, 1.54) is 14.6 Å². The highest BCUT2D eigenvalue weighted by molar-refractivity contribution is 14.1. The zero-order chi connectivity index (χ0) is 14.9. The van der Waals surface area contributed by atoms with Crippen molar-refractivity contribution < 1.29 is 9.90 Å². The van der Waals surface area contributed by atoms with Crippen LogP contribution in [0.2, 0.25) is 0 Å². The third-order valence-corrected chi connectivity index (χ3v) is 5.16. The van der Waals surface area contributed by atoms with Gasteiger partial charge in [-0.1, -0.05) is 11.8 Å². The van der Waals surface area contributed by atoms with Crippen molar-refractivity contribution in [2.75, 3.05) is 5.75 Å². The van der Waals surface area contributed by atoms with Crippen molar-refractivity contribution in [1.82, 2.24) is 14.8 Å². The van der Waals surface area contributed by atoms with Crippen LogP contribution in [0.4, 0.5) is 0 Å². The van der Waals surface area contributed by atoms with Crippen molar-refractivity contribution in [2.45, 2.75) is 31.5 Å². The summed E-state index contributed by atoms with van der Waals surface area (Å²) in [5, 5.41) is 19.9. The standard InChI is InChI=1S/C12H14IN3O2S2/c1-12(2,3)16-10(7-4-8(13)19-5-7)14-15-11(16)20-6-9(17)18/h4-5H,6H2,1-3H3,(H,17,18). The predicted octanol–water partition coefficient (Wildman–Crippen LogP) is 3.54. The molecule has 0 aliphatic heterocycles. The summed E-state index contributed by atoms with van der Waals surface area (Å²) in [7, 11) is 0. The van der Waals surface area contributed by atoms with Crippen molar-refractivity contribution in [3.8, 4) is 11.4 Å². The molecule has 0 bridgehead atoms. The van der Waals surface area contributed by atoms with Crippen molar-refractivity contribution >= 4 is 51.7 Å². The number of aliphatic carboxylic acids is 1. The first-order valence-corrected chi connectivity index (χ1v) is 8.78. The number of rotatable bonds is 4. The lowest BCUT2D eigenvalue weighted by Gasteiger charge is -2.24. The average Bonchev–Trinajstić information content (AvgIpc) is 2.90. The van der Waals surface area contributed by atoms with Crippen LogP contribution in [0, 0.1) is 2.88 Å². The number of carboxylic acids is 1. The number of thioether (sulfide) groups is 1. The summed E-state index contributed by atoms with van der Waals surface area (Å²) in [6, 6.07) is 2.06. The van der Waals surface area contributed by atoms with Gasteiger partial charge in [0.1, 0.15) is 0 Å². The molecule has 20 heavy (non-hydrogen) atoms. The number of thiophene rings is 1. The zero-order valence-corrected chi connectivity index (χ0v) is 15.0. The van der Waals surface area contributed by atoms with Crippen LogP contribution in [-0.4, -0.2) is 31.6 Å². The Labute approximate surface area is 138 Å². The minimum atomic E-state index is -0.856. The van der Waals surface area contributed by atoms with Crippen molar-refractivity contribution in [1.29, 1.82) is 0 Å². The summed E-state index contributed by atoms with van der Waals surface area (Å²) in [4.78, 5) is 10.7. The van der Waals surface area contributed by atoms with Gasteiger partial charge in [0.15, 0.2) is 11.0 Å². The molecule has 0 amide bonds. The summed E-state index contributed by atoms with van der Waals surface area (Å²) < 4.78 is 3.18. The molecule has 0 atom stereocenters. The van der Waals surface area contributed by atoms with Crippen LogP contribution in [0.25, 0.3) is 11.4 Å². The Balaban J connectivity index is 2.45. The highest BCUT2D eigenvalue weighted by atomic mass is 127. The Hall–Kier alpha value is -0.610. The van der Waals surface area contributed by atoms with Crippen LogP contribution in [0.3, 0.4) is 0 Å². The fraction of sp³-hybridized carbons (Fsp3) is 0.417. The Morgan fingerprint density at radius 1 is 1.50 bits per heavy atom. The topological polar surface area (TPSA) is 68.0 Å². The minimum absolute atomic E-state index is 0.0185. The van der Waals surface area contributed by atoms with Gasteiger partial charge in [-0.2, -0.15) is 0 Å². The van der Waals surface area contributed by atoms with Gasteiger partial charge in [0, 0.05) is 16.5 Å². The molecular weight excluding hydrogens is 409 g/mol. The first-order chi connectivity index (χ1) is 9.29. The van der Waals surface area contributed by atoms with Crippen LogP contribution in [0.15, 0.2) is 16.6 Å². The maximum atomic E-state index is 10.7. The lowest BCUT2D eigenvalue weighted by molar-refractivity contribution is -0.133. The van der Waals surface area contributed by atoms with E-state index >= 15 is 0 Å². The summed E-state index contributed by atoms with van der Waals surface area (Å²) in [5.74, 6) is -0.0929. The number of carbonyl (C=O) groups is 1. The van der Waals surface area contributed by atoms with Gasteiger partial charge in [-0.15, -0.1) is 21.5 Å². The maximum Gasteiger partial charge on any atom is 0.313 e. The highest BCUT2D eigenvalue weighted by Crippen LogP contribution is 2.32. The van der Waals surface area contributed by atoms with Crippen LogP contribution in [0.1, 0.15) is 20.8 Å². The molecule has 0 fully saturated rings. The van der Waals surface area contributed by atoms with Gasteiger partial charge in [-0.3, -0.25) is 9.36 Å². The molecule has 0 spiro atoms. The van der Waals surface area contributed by atoms with E-state index in [9.17, 15) is 4.79 Å². The van der Waals surface area contributed by atoms with Crippen LogP contribution in [-0.2, 0) is 10.3 Å². The number of halogens is 1. The Bertz CT molecular complexity index is 631. The lowest BCUT2D eigenvalue weighted by atomic mass is 10.1. The van der Waals surface area contributed by atoms with Crippen molar-refractivity contribution in [3.05, 3.63) is 14.3 Å². The molecule has 0 saturated heterocycles. The quantitative estimate of drug-likeness (QED) is 0.602. The summed E-state index contributed by atoms with van der Waals surface area (Å²) in [6.45, 7) is 6.17. The smallest absolute Gasteiger partial charge is 0.313 e. The van der Waals surface area contributed by atoms with Crippen molar-refractivity contribution in [3.63, 3.8) is 0 Å². The Kier molecular flexibility index (Phi) is 4.75. The molecular formula is C12H14IN3O2S2. The molecule has 2 heterocycles. The molecule has 0 radical (unpaired) electrons. The van der Waals surface area contributed by atoms with Gasteiger partial charge in [0.2, 0.25) is 0 Å². The fourth-order valence-electron chi connectivity index (χ4n) is 1.71. The van der Waals surface area contributed by atoms with Gasteiger partial charge < -0.3 is 5.11 Å². The van der Waals surface area contributed by atoms with E-state index in [4.69, 9.17) is 5.11 Å². The average molecular weight is 423 g/mol. The van der Waals surface area contributed by atoms with E-state index in [0.29, 0.717) is 5.16 Å². The van der Waals surface area contributed by atoms with E-state index in [-0.39, 0.29) is 11.3 Å². The van der Waals surface area contributed by atoms with Gasteiger partial charge in [0.25, 0.3) is 0 Å². The van der Waals surface area contributed by atoms with E-state index in [1.54, 1.807) is 11.3 Å².